The summed E-state index contributed by atoms with van der Waals surface area (Å²) in [5.41, 5.74) is 8.09. The maximum atomic E-state index is 12.4. The monoisotopic (exact) mass is 340 g/mol. The molecule has 2 atom stereocenters. The van der Waals surface area contributed by atoms with Crippen molar-refractivity contribution in [3.05, 3.63) is 29.3 Å². The molecule has 1 heterocycles. The third kappa shape index (κ3) is 5.40. The van der Waals surface area contributed by atoms with E-state index in [0.29, 0.717) is 25.5 Å². The smallest absolute Gasteiger partial charge is 0.226 e. The van der Waals surface area contributed by atoms with Gasteiger partial charge in [0.1, 0.15) is 5.75 Å². The lowest BCUT2D eigenvalue weighted by atomic mass is 9.92. The SMILES string of the molecule is Cc1ccc(C)c(OCCC(=O)N2CCC(C)CC2CN)c1.Cl. The zero-order valence-corrected chi connectivity index (χ0v) is 15.2. The highest BCUT2D eigenvalue weighted by atomic mass is 35.5. The van der Waals surface area contributed by atoms with Gasteiger partial charge in [0.2, 0.25) is 5.91 Å². The fourth-order valence-corrected chi connectivity index (χ4v) is 3.06. The maximum absolute atomic E-state index is 12.4. The molecule has 1 aliphatic rings. The molecule has 2 unspecified atom stereocenters. The number of likely N-dealkylation sites (tertiary alicyclic amines) is 1. The van der Waals surface area contributed by atoms with Crippen molar-refractivity contribution in [3.8, 4) is 5.75 Å². The number of carbonyl (C=O) groups is 1. The molecule has 1 fully saturated rings. The lowest BCUT2D eigenvalue weighted by Gasteiger charge is -2.38. The first-order valence-corrected chi connectivity index (χ1v) is 8.21. The topological polar surface area (TPSA) is 55.6 Å². The zero-order chi connectivity index (χ0) is 16.1. The predicted octanol–water partition coefficient (Wildman–Crippen LogP) is 3.08. The van der Waals surface area contributed by atoms with Crippen molar-refractivity contribution < 1.29 is 9.53 Å². The molecule has 2 rings (SSSR count). The van der Waals surface area contributed by atoms with Crippen molar-refractivity contribution >= 4 is 18.3 Å². The second kappa shape index (κ2) is 9.14. The van der Waals surface area contributed by atoms with Crippen LogP contribution in [0.25, 0.3) is 0 Å². The fraction of sp³-hybridized carbons (Fsp3) is 0.611. The Bertz CT molecular complexity index is 522. The van der Waals surface area contributed by atoms with E-state index < -0.39 is 0 Å². The van der Waals surface area contributed by atoms with Gasteiger partial charge in [-0.25, -0.2) is 0 Å². The van der Waals surface area contributed by atoms with E-state index in [0.717, 1.165) is 30.7 Å². The summed E-state index contributed by atoms with van der Waals surface area (Å²) >= 11 is 0. The van der Waals surface area contributed by atoms with Crippen LogP contribution in [0.15, 0.2) is 18.2 Å². The average molecular weight is 341 g/mol. The number of nitrogens with zero attached hydrogens (tertiary/aromatic N) is 1. The second-order valence-electron chi connectivity index (χ2n) is 6.47. The van der Waals surface area contributed by atoms with Gasteiger partial charge in [-0.2, -0.15) is 0 Å². The number of rotatable bonds is 5. The molecule has 1 amide bonds. The number of hydrogen-bond acceptors (Lipinski definition) is 3. The number of ether oxygens (including phenoxy) is 1. The first-order valence-electron chi connectivity index (χ1n) is 8.21. The number of benzene rings is 1. The van der Waals surface area contributed by atoms with Gasteiger partial charge >= 0.3 is 0 Å². The fourth-order valence-electron chi connectivity index (χ4n) is 3.06. The van der Waals surface area contributed by atoms with Gasteiger partial charge in [0.05, 0.1) is 13.0 Å². The van der Waals surface area contributed by atoms with Crippen LogP contribution in [0.2, 0.25) is 0 Å². The summed E-state index contributed by atoms with van der Waals surface area (Å²) in [6.45, 7) is 8.09. The zero-order valence-electron chi connectivity index (χ0n) is 14.4. The molecule has 130 valence electrons. The molecule has 4 nitrogen and oxygen atoms in total. The predicted molar refractivity (Wildman–Crippen MR) is 96.2 cm³/mol. The third-order valence-corrected chi connectivity index (χ3v) is 4.49. The Morgan fingerprint density at radius 1 is 1.39 bits per heavy atom. The van der Waals surface area contributed by atoms with E-state index in [1.165, 1.54) is 5.56 Å². The van der Waals surface area contributed by atoms with Crippen molar-refractivity contribution in [2.45, 2.75) is 46.1 Å². The Kier molecular flexibility index (Phi) is 7.86. The van der Waals surface area contributed by atoms with Crippen molar-refractivity contribution in [3.63, 3.8) is 0 Å². The van der Waals surface area contributed by atoms with Crippen LogP contribution in [0, 0.1) is 19.8 Å². The summed E-state index contributed by atoms with van der Waals surface area (Å²) in [4.78, 5) is 14.4. The van der Waals surface area contributed by atoms with Crippen LogP contribution in [-0.4, -0.2) is 36.5 Å². The first-order chi connectivity index (χ1) is 10.5. The lowest BCUT2D eigenvalue weighted by molar-refractivity contribution is -0.135. The van der Waals surface area contributed by atoms with Gasteiger partial charge in [-0.15, -0.1) is 12.4 Å². The highest BCUT2D eigenvalue weighted by Crippen LogP contribution is 2.23. The van der Waals surface area contributed by atoms with Gasteiger partial charge in [0.25, 0.3) is 0 Å². The number of nitrogens with two attached hydrogens (primary N) is 1. The highest BCUT2D eigenvalue weighted by Gasteiger charge is 2.28. The maximum Gasteiger partial charge on any atom is 0.226 e. The normalized spacial score (nSPS) is 20.8. The number of hydrogen-bond donors (Lipinski definition) is 1. The van der Waals surface area contributed by atoms with Crippen LogP contribution in [0.4, 0.5) is 0 Å². The summed E-state index contributed by atoms with van der Waals surface area (Å²) in [5.74, 6) is 1.69. The molecule has 0 aromatic heterocycles. The standard InChI is InChI=1S/C18H28N2O2.ClH/c1-13-4-5-15(3)17(11-13)22-9-7-18(21)20-8-6-14(2)10-16(20)12-19;/h4-5,11,14,16H,6-10,12,19H2,1-3H3;1H. The number of amides is 1. The van der Waals surface area contributed by atoms with E-state index in [9.17, 15) is 4.79 Å². The minimum absolute atomic E-state index is 0. The van der Waals surface area contributed by atoms with E-state index in [4.69, 9.17) is 10.5 Å². The Balaban J connectivity index is 0.00000264. The molecule has 23 heavy (non-hydrogen) atoms. The molecule has 0 aliphatic carbocycles. The Labute approximate surface area is 145 Å². The summed E-state index contributed by atoms with van der Waals surface area (Å²) in [6.07, 6.45) is 2.50. The molecule has 1 saturated heterocycles. The van der Waals surface area contributed by atoms with Crippen LogP contribution >= 0.6 is 12.4 Å². The van der Waals surface area contributed by atoms with E-state index in [1.807, 2.05) is 30.9 Å². The Morgan fingerprint density at radius 3 is 2.83 bits per heavy atom. The number of piperidine rings is 1. The summed E-state index contributed by atoms with van der Waals surface area (Å²) in [6, 6.07) is 6.32. The summed E-state index contributed by atoms with van der Waals surface area (Å²) < 4.78 is 5.79. The van der Waals surface area contributed by atoms with Gasteiger partial charge in [0.15, 0.2) is 0 Å². The largest absolute Gasteiger partial charge is 0.493 e. The molecule has 0 bridgehead atoms. The van der Waals surface area contributed by atoms with E-state index in [2.05, 4.69) is 13.0 Å². The molecule has 1 aromatic carbocycles. The van der Waals surface area contributed by atoms with E-state index in [-0.39, 0.29) is 24.4 Å². The summed E-state index contributed by atoms with van der Waals surface area (Å²) in [7, 11) is 0. The van der Waals surface area contributed by atoms with Gasteiger partial charge in [-0.3, -0.25) is 4.79 Å². The number of carbonyl (C=O) groups excluding carboxylic acids is 1. The van der Waals surface area contributed by atoms with Crippen molar-refractivity contribution in [1.82, 2.24) is 4.90 Å². The van der Waals surface area contributed by atoms with E-state index in [1.54, 1.807) is 0 Å². The van der Waals surface area contributed by atoms with Crippen molar-refractivity contribution in [2.75, 3.05) is 19.7 Å². The average Bonchev–Trinajstić information content (AvgIpc) is 2.50. The van der Waals surface area contributed by atoms with Crippen LogP contribution in [0.3, 0.4) is 0 Å². The Morgan fingerprint density at radius 2 is 2.13 bits per heavy atom. The molecule has 1 aliphatic heterocycles. The van der Waals surface area contributed by atoms with Crippen LogP contribution in [0.5, 0.6) is 5.75 Å². The minimum atomic E-state index is 0. The minimum Gasteiger partial charge on any atom is -0.493 e. The number of aryl methyl sites for hydroxylation is 2. The van der Waals surface area contributed by atoms with Crippen LogP contribution in [0.1, 0.15) is 37.3 Å². The lowest BCUT2D eigenvalue weighted by Crippen LogP contribution is -2.49. The van der Waals surface area contributed by atoms with Crippen LogP contribution in [-0.2, 0) is 4.79 Å². The first kappa shape index (κ1) is 19.8. The third-order valence-electron chi connectivity index (χ3n) is 4.49. The van der Waals surface area contributed by atoms with E-state index >= 15 is 0 Å². The second-order valence-corrected chi connectivity index (χ2v) is 6.47. The van der Waals surface area contributed by atoms with Gasteiger partial charge < -0.3 is 15.4 Å². The molecule has 0 spiro atoms. The summed E-state index contributed by atoms with van der Waals surface area (Å²) in [5, 5.41) is 0. The Hall–Kier alpha value is -1.26. The van der Waals surface area contributed by atoms with Crippen molar-refractivity contribution in [1.29, 1.82) is 0 Å². The number of halogens is 1. The van der Waals surface area contributed by atoms with Crippen molar-refractivity contribution in [2.24, 2.45) is 11.7 Å². The molecule has 0 saturated carbocycles. The van der Waals surface area contributed by atoms with Gasteiger partial charge in [-0.1, -0.05) is 19.1 Å². The van der Waals surface area contributed by atoms with Gasteiger partial charge in [-0.05, 0) is 49.8 Å². The molecule has 2 N–H and O–H groups in total. The quantitative estimate of drug-likeness (QED) is 0.896. The van der Waals surface area contributed by atoms with Gasteiger partial charge in [0, 0.05) is 19.1 Å². The molecule has 1 aromatic rings. The molecular weight excluding hydrogens is 312 g/mol. The highest BCUT2D eigenvalue weighted by molar-refractivity contribution is 5.85. The molecular formula is C18H29ClN2O2. The molecule has 5 heteroatoms. The molecule has 0 radical (unpaired) electrons. The van der Waals surface area contributed by atoms with Crippen LogP contribution < -0.4 is 10.5 Å².